The summed E-state index contributed by atoms with van der Waals surface area (Å²) in [5.41, 5.74) is 7.37. The normalized spacial score (nSPS) is 20.1. The molecule has 2 heteroatoms. The molecule has 82 valence electrons. The topological polar surface area (TPSA) is 38.9 Å². The summed E-state index contributed by atoms with van der Waals surface area (Å²) < 4.78 is 0. The van der Waals surface area contributed by atoms with Crippen molar-refractivity contribution < 1.29 is 0 Å². The molecule has 1 aliphatic carbocycles. The molecule has 15 heavy (non-hydrogen) atoms. The second kappa shape index (κ2) is 5.26. The van der Waals surface area contributed by atoms with Gasteiger partial charge in [0.2, 0.25) is 0 Å². The average Bonchev–Trinajstić information content (AvgIpc) is 2.31. The Hall–Kier alpha value is -0.890. The minimum absolute atomic E-state index is 0.182. The Morgan fingerprint density at radius 1 is 1.33 bits per heavy atom. The first-order valence-corrected chi connectivity index (χ1v) is 6.02. The third kappa shape index (κ3) is 3.03. The van der Waals surface area contributed by atoms with Crippen molar-refractivity contribution >= 4 is 0 Å². The maximum absolute atomic E-state index is 6.19. The fourth-order valence-corrected chi connectivity index (χ4v) is 2.51. The number of aromatic nitrogens is 1. The predicted octanol–water partition coefficient (Wildman–Crippen LogP) is 3.05. The third-order valence-corrected chi connectivity index (χ3v) is 3.42. The molecule has 2 N–H and O–H groups in total. The molecule has 0 aromatic carbocycles. The maximum Gasteiger partial charge on any atom is 0.0315 e. The van der Waals surface area contributed by atoms with E-state index in [1.54, 1.807) is 6.20 Å². The van der Waals surface area contributed by atoms with E-state index < -0.39 is 0 Å². The van der Waals surface area contributed by atoms with E-state index in [0.29, 0.717) is 0 Å². The van der Waals surface area contributed by atoms with E-state index in [1.165, 1.54) is 37.7 Å². The molecule has 1 aromatic rings. The Bertz CT molecular complexity index is 278. The molecule has 1 saturated carbocycles. The van der Waals surface area contributed by atoms with Crippen molar-refractivity contribution in [2.45, 2.75) is 44.6 Å². The lowest BCUT2D eigenvalue weighted by Crippen LogP contribution is -2.17. The highest BCUT2D eigenvalue weighted by Gasteiger charge is 2.17. The van der Waals surface area contributed by atoms with E-state index in [4.69, 9.17) is 5.73 Å². The SMILES string of the molecule is NC(CC1CCCCC1)c1cccnc1. The van der Waals surface area contributed by atoms with Crippen molar-refractivity contribution in [2.75, 3.05) is 0 Å². The van der Waals surface area contributed by atoms with Gasteiger partial charge < -0.3 is 5.73 Å². The average molecular weight is 204 g/mol. The predicted molar refractivity (Wildman–Crippen MR) is 62.4 cm³/mol. The van der Waals surface area contributed by atoms with Crippen LogP contribution in [0, 0.1) is 5.92 Å². The Kier molecular flexibility index (Phi) is 3.73. The van der Waals surface area contributed by atoms with Gasteiger partial charge in [-0.2, -0.15) is 0 Å². The largest absolute Gasteiger partial charge is 0.324 e. The van der Waals surface area contributed by atoms with Gasteiger partial charge in [0.1, 0.15) is 0 Å². The van der Waals surface area contributed by atoms with Crippen LogP contribution in [-0.2, 0) is 0 Å². The molecule has 1 heterocycles. The van der Waals surface area contributed by atoms with Crippen molar-refractivity contribution in [3.05, 3.63) is 30.1 Å². The van der Waals surface area contributed by atoms with E-state index >= 15 is 0 Å². The highest BCUT2D eigenvalue weighted by molar-refractivity contribution is 5.13. The highest BCUT2D eigenvalue weighted by atomic mass is 14.7. The van der Waals surface area contributed by atoms with Gasteiger partial charge in [0.15, 0.2) is 0 Å². The second-order valence-electron chi connectivity index (χ2n) is 4.63. The third-order valence-electron chi connectivity index (χ3n) is 3.42. The Morgan fingerprint density at radius 2 is 2.13 bits per heavy atom. The lowest BCUT2D eigenvalue weighted by molar-refractivity contribution is 0.319. The highest BCUT2D eigenvalue weighted by Crippen LogP contribution is 2.30. The van der Waals surface area contributed by atoms with Crippen LogP contribution in [0.4, 0.5) is 0 Å². The lowest BCUT2D eigenvalue weighted by atomic mass is 9.84. The minimum atomic E-state index is 0.182. The first-order valence-electron chi connectivity index (χ1n) is 6.02. The Labute approximate surface area is 91.9 Å². The summed E-state index contributed by atoms with van der Waals surface area (Å²) in [5.74, 6) is 0.842. The van der Waals surface area contributed by atoms with E-state index in [9.17, 15) is 0 Å². The molecule has 2 rings (SSSR count). The zero-order valence-electron chi connectivity index (χ0n) is 9.23. The summed E-state index contributed by atoms with van der Waals surface area (Å²) in [6.07, 6.45) is 11.8. The number of rotatable bonds is 3. The number of nitrogens with two attached hydrogens (primary N) is 1. The van der Waals surface area contributed by atoms with Crippen LogP contribution in [0.1, 0.15) is 50.1 Å². The van der Waals surface area contributed by atoms with Gasteiger partial charge in [-0.1, -0.05) is 38.2 Å². The molecule has 0 amide bonds. The van der Waals surface area contributed by atoms with Crippen LogP contribution in [0.3, 0.4) is 0 Å². The van der Waals surface area contributed by atoms with Crippen molar-refractivity contribution in [2.24, 2.45) is 11.7 Å². The molecule has 1 fully saturated rings. The standard InChI is InChI=1S/C13H20N2/c14-13(12-7-4-8-15-10-12)9-11-5-2-1-3-6-11/h4,7-8,10-11,13H,1-3,5-6,9,14H2. The second-order valence-corrected chi connectivity index (χ2v) is 4.63. The van der Waals surface area contributed by atoms with Crippen LogP contribution in [0.15, 0.2) is 24.5 Å². The van der Waals surface area contributed by atoms with Gasteiger partial charge in [-0.05, 0) is 24.0 Å². The smallest absolute Gasteiger partial charge is 0.0315 e. The Balaban J connectivity index is 1.88. The molecule has 0 bridgehead atoms. The number of hydrogen-bond donors (Lipinski definition) is 1. The van der Waals surface area contributed by atoms with Gasteiger partial charge in [-0.15, -0.1) is 0 Å². The molecule has 0 spiro atoms. The summed E-state index contributed by atoms with van der Waals surface area (Å²) in [6, 6.07) is 4.23. The number of pyridine rings is 1. The van der Waals surface area contributed by atoms with Gasteiger partial charge in [-0.25, -0.2) is 0 Å². The summed E-state index contributed by atoms with van der Waals surface area (Å²) in [5, 5.41) is 0. The first-order chi connectivity index (χ1) is 7.36. The van der Waals surface area contributed by atoms with Crippen LogP contribution in [-0.4, -0.2) is 4.98 Å². The van der Waals surface area contributed by atoms with Gasteiger partial charge in [0.05, 0.1) is 0 Å². The fourth-order valence-electron chi connectivity index (χ4n) is 2.51. The van der Waals surface area contributed by atoms with E-state index in [-0.39, 0.29) is 6.04 Å². The van der Waals surface area contributed by atoms with Gasteiger partial charge in [0, 0.05) is 18.4 Å². The van der Waals surface area contributed by atoms with Crippen LogP contribution >= 0.6 is 0 Å². The van der Waals surface area contributed by atoms with Gasteiger partial charge in [-0.3, -0.25) is 4.98 Å². The molecule has 0 radical (unpaired) electrons. The molecule has 1 atom stereocenters. The Morgan fingerprint density at radius 3 is 2.80 bits per heavy atom. The lowest BCUT2D eigenvalue weighted by Gasteiger charge is -2.24. The summed E-state index contributed by atoms with van der Waals surface area (Å²) >= 11 is 0. The van der Waals surface area contributed by atoms with Crippen molar-refractivity contribution in [3.8, 4) is 0 Å². The first kappa shape index (κ1) is 10.6. The zero-order chi connectivity index (χ0) is 10.5. The molecule has 0 aliphatic heterocycles. The molecule has 1 aromatic heterocycles. The fraction of sp³-hybridized carbons (Fsp3) is 0.615. The maximum atomic E-state index is 6.19. The van der Waals surface area contributed by atoms with Crippen molar-refractivity contribution in [1.29, 1.82) is 0 Å². The van der Waals surface area contributed by atoms with Gasteiger partial charge in [0.25, 0.3) is 0 Å². The van der Waals surface area contributed by atoms with Crippen LogP contribution in [0.5, 0.6) is 0 Å². The zero-order valence-corrected chi connectivity index (χ0v) is 9.23. The summed E-state index contributed by atoms with van der Waals surface area (Å²) in [4.78, 5) is 4.12. The van der Waals surface area contributed by atoms with E-state index in [0.717, 1.165) is 12.3 Å². The molecular formula is C13H20N2. The number of nitrogens with zero attached hydrogens (tertiary/aromatic N) is 1. The molecule has 1 unspecified atom stereocenters. The molecule has 2 nitrogen and oxygen atoms in total. The van der Waals surface area contributed by atoms with E-state index in [2.05, 4.69) is 11.1 Å². The summed E-state index contributed by atoms with van der Waals surface area (Å²) in [6.45, 7) is 0. The number of hydrogen-bond acceptors (Lipinski definition) is 2. The van der Waals surface area contributed by atoms with Crippen LogP contribution in [0.2, 0.25) is 0 Å². The van der Waals surface area contributed by atoms with Crippen LogP contribution in [0.25, 0.3) is 0 Å². The van der Waals surface area contributed by atoms with Crippen molar-refractivity contribution in [3.63, 3.8) is 0 Å². The molecule has 1 aliphatic rings. The van der Waals surface area contributed by atoms with Gasteiger partial charge >= 0.3 is 0 Å². The quantitative estimate of drug-likeness (QED) is 0.821. The monoisotopic (exact) mass is 204 g/mol. The van der Waals surface area contributed by atoms with Crippen LogP contribution < -0.4 is 5.73 Å². The minimum Gasteiger partial charge on any atom is -0.324 e. The molecular weight excluding hydrogens is 184 g/mol. The summed E-state index contributed by atoms with van der Waals surface area (Å²) in [7, 11) is 0. The van der Waals surface area contributed by atoms with Crippen molar-refractivity contribution in [1.82, 2.24) is 4.98 Å². The van der Waals surface area contributed by atoms with E-state index in [1.807, 2.05) is 12.3 Å². The molecule has 0 saturated heterocycles.